The van der Waals surface area contributed by atoms with Gasteiger partial charge < -0.3 is 14.7 Å². The van der Waals surface area contributed by atoms with Crippen LogP contribution < -0.4 is 9.47 Å². The van der Waals surface area contributed by atoms with E-state index in [1.807, 2.05) is 0 Å². The van der Waals surface area contributed by atoms with E-state index in [0.29, 0.717) is 17.0 Å². The molecule has 0 amide bonds. The average Bonchev–Trinajstić information content (AvgIpc) is 2.67. The van der Waals surface area contributed by atoms with Crippen molar-refractivity contribution in [3.05, 3.63) is 23.8 Å². The molecule has 0 fully saturated rings. The van der Waals surface area contributed by atoms with E-state index in [1.54, 1.807) is 0 Å². The highest BCUT2D eigenvalue weighted by molar-refractivity contribution is 6.05. The van der Waals surface area contributed by atoms with Gasteiger partial charge in [0.15, 0.2) is 6.61 Å². The number of nitrogens with zero attached hydrogens (tertiary/aromatic N) is 1. The molecule has 0 aromatic heterocycles. The highest BCUT2D eigenvalue weighted by atomic mass is 19.4. The van der Waals surface area contributed by atoms with Crippen LogP contribution >= 0.6 is 0 Å². The van der Waals surface area contributed by atoms with Crippen LogP contribution in [0.5, 0.6) is 11.5 Å². The van der Waals surface area contributed by atoms with Gasteiger partial charge in [-0.05, 0) is 12.1 Å². The molecule has 0 aliphatic carbocycles. The molecule has 92 valence electrons. The van der Waals surface area contributed by atoms with E-state index in [2.05, 4.69) is 9.89 Å². The van der Waals surface area contributed by atoms with E-state index in [4.69, 9.17) is 9.94 Å². The molecule has 1 heterocycles. The summed E-state index contributed by atoms with van der Waals surface area (Å²) >= 11 is 0. The summed E-state index contributed by atoms with van der Waals surface area (Å²) in [6.45, 7) is -1.26. The first-order chi connectivity index (χ1) is 7.99. The standard InChI is InChI=1S/C10H8F3NO3/c11-10(12,13)5-17-6-1-2-7-8(14-15)4-16-9(7)3-6/h1-3,15H,4-5H2/b14-8-. The summed E-state index contributed by atoms with van der Waals surface area (Å²) in [4.78, 5) is 0. The summed E-state index contributed by atoms with van der Waals surface area (Å²) < 4.78 is 45.5. The predicted octanol–water partition coefficient (Wildman–Crippen LogP) is 2.20. The summed E-state index contributed by atoms with van der Waals surface area (Å²) in [7, 11) is 0. The summed E-state index contributed by atoms with van der Waals surface area (Å²) in [6, 6.07) is 4.19. The Balaban J connectivity index is 2.13. The Morgan fingerprint density at radius 2 is 2.18 bits per heavy atom. The van der Waals surface area contributed by atoms with Crippen LogP contribution in [0.15, 0.2) is 23.4 Å². The molecule has 17 heavy (non-hydrogen) atoms. The molecule has 0 saturated heterocycles. The molecule has 1 aliphatic rings. The number of oxime groups is 1. The van der Waals surface area contributed by atoms with Crippen molar-refractivity contribution in [3.63, 3.8) is 0 Å². The number of hydrogen-bond donors (Lipinski definition) is 1. The van der Waals surface area contributed by atoms with Gasteiger partial charge >= 0.3 is 6.18 Å². The Morgan fingerprint density at radius 1 is 1.41 bits per heavy atom. The molecule has 1 aromatic carbocycles. The zero-order valence-electron chi connectivity index (χ0n) is 8.49. The van der Waals surface area contributed by atoms with Crippen molar-refractivity contribution >= 4 is 5.71 Å². The Morgan fingerprint density at radius 3 is 2.82 bits per heavy atom. The van der Waals surface area contributed by atoms with Gasteiger partial charge in [-0.15, -0.1) is 0 Å². The third-order valence-electron chi connectivity index (χ3n) is 2.15. The lowest BCUT2D eigenvalue weighted by atomic mass is 10.1. The van der Waals surface area contributed by atoms with E-state index < -0.39 is 12.8 Å². The van der Waals surface area contributed by atoms with Gasteiger partial charge in [-0.25, -0.2) is 0 Å². The lowest BCUT2D eigenvalue weighted by Gasteiger charge is -2.09. The Labute approximate surface area is 94.3 Å². The van der Waals surface area contributed by atoms with Gasteiger partial charge in [0.2, 0.25) is 0 Å². The van der Waals surface area contributed by atoms with Crippen molar-refractivity contribution in [2.24, 2.45) is 5.16 Å². The van der Waals surface area contributed by atoms with Gasteiger partial charge in [-0.2, -0.15) is 13.2 Å². The Hall–Kier alpha value is -1.92. The molecule has 0 saturated carbocycles. The highest BCUT2D eigenvalue weighted by Crippen LogP contribution is 2.30. The topological polar surface area (TPSA) is 51.1 Å². The molecule has 0 radical (unpaired) electrons. The van der Waals surface area contributed by atoms with Gasteiger partial charge in [0.05, 0.1) is 0 Å². The lowest BCUT2D eigenvalue weighted by molar-refractivity contribution is -0.153. The third-order valence-corrected chi connectivity index (χ3v) is 2.15. The maximum atomic E-state index is 11.9. The van der Waals surface area contributed by atoms with Crippen LogP contribution in [0.2, 0.25) is 0 Å². The zero-order valence-corrected chi connectivity index (χ0v) is 8.49. The van der Waals surface area contributed by atoms with Crippen molar-refractivity contribution in [1.29, 1.82) is 0 Å². The number of hydrogen-bond acceptors (Lipinski definition) is 4. The van der Waals surface area contributed by atoms with Crippen LogP contribution in [0, 0.1) is 0 Å². The normalized spacial score (nSPS) is 16.8. The molecule has 0 bridgehead atoms. The average molecular weight is 247 g/mol. The molecule has 7 heteroatoms. The predicted molar refractivity (Wildman–Crippen MR) is 51.8 cm³/mol. The molecule has 4 nitrogen and oxygen atoms in total. The number of alkyl halides is 3. The quantitative estimate of drug-likeness (QED) is 0.643. The van der Waals surface area contributed by atoms with Gasteiger partial charge in [-0.1, -0.05) is 5.16 Å². The van der Waals surface area contributed by atoms with Crippen LogP contribution in [0.25, 0.3) is 0 Å². The van der Waals surface area contributed by atoms with Crippen molar-refractivity contribution in [2.75, 3.05) is 13.2 Å². The minimum atomic E-state index is -4.38. The number of halogens is 3. The Bertz CT molecular complexity index is 457. The smallest absolute Gasteiger partial charge is 0.422 e. The van der Waals surface area contributed by atoms with Crippen molar-refractivity contribution in [3.8, 4) is 11.5 Å². The fourth-order valence-electron chi connectivity index (χ4n) is 1.42. The third kappa shape index (κ3) is 2.61. The van der Waals surface area contributed by atoms with Crippen molar-refractivity contribution in [1.82, 2.24) is 0 Å². The summed E-state index contributed by atoms with van der Waals surface area (Å²) in [5.41, 5.74) is 0.884. The first-order valence-corrected chi connectivity index (χ1v) is 4.67. The summed E-state index contributed by atoms with van der Waals surface area (Å²) in [6.07, 6.45) is -4.38. The van der Waals surface area contributed by atoms with E-state index in [-0.39, 0.29) is 12.4 Å². The monoisotopic (exact) mass is 247 g/mol. The molecule has 1 aliphatic heterocycles. The molecular formula is C10H8F3NO3. The van der Waals surface area contributed by atoms with E-state index >= 15 is 0 Å². The summed E-state index contributed by atoms with van der Waals surface area (Å²) in [5, 5.41) is 11.6. The molecule has 1 N–H and O–H groups in total. The first kappa shape index (κ1) is 11.6. The Kier molecular flexibility index (Phi) is 2.83. The second kappa shape index (κ2) is 4.15. The molecule has 0 atom stereocenters. The minimum Gasteiger partial charge on any atom is -0.486 e. The van der Waals surface area contributed by atoms with E-state index in [0.717, 1.165) is 0 Å². The highest BCUT2D eigenvalue weighted by Gasteiger charge is 2.29. The van der Waals surface area contributed by atoms with Gasteiger partial charge in [0.1, 0.15) is 23.8 Å². The van der Waals surface area contributed by atoms with Gasteiger partial charge in [-0.3, -0.25) is 0 Å². The molecular weight excluding hydrogens is 239 g/mol. The molecule has 0 spiro atoms. The fourth-order valence-corrected chi connectivity index (χ4v) is 1.42. The minimum absolute atomic E-state index is 0.0558. The molecule has 1 aromatic rings. The fraction of sp³-hybridized carbons (Fsp3) is 0.300. The largest absolute Gasteiger partial charge is 0.486 e. The zero-order chi connectivity index (χ0) is 12.5. The van der Waals surface area contributed by atoms with Crippen LogP contribution in [0.4, 0.5) is 13.2 Å². The van der Waals surface area contributed by atoms with Crippen LogP contribution in [-0.4, -0.2) is 30.3 Å². The number of fused-ring (bicyclic) bond motifs is 1. The van der Waals surface area contributed by atoms with Gasteiger partial charge in [0.25, 0.3) is 0 Å². The first-order valence-electron chi connectivity index (χ1n) is 4.67. The number of benzene rings is 1. The maximum Gasteiger partial charge on any atom is 0.422 e. The lowest BCUT2D eigenvalue weighted by Crippen LogP contribution is -2.19. The molecule has 0 unspecified atom stereocenters. The second-order valence-corrected chi connectivity index (χ2v) is 3.40. The number of ether oxygens (including phenoxy) is 2. The number of rotatable bonds is 2. The summed E-state index contributed by atoms with van der Waals surface area (Å²) in [5.74, 6) is 0.401. The van der Waals surface area contributed by atoms with Crippen LogP contribution in [-0.2, 0) is 0 Å². The van der Waals surface area contributed by atoms with Crippen molar-refractivity contribution in [2.45, 2.75) is 6.18 Å². The van der Waals surface area contributed by atoms with Gasteiger partial charge in [0, 0.05) is 11.6 Å². The van der Waals surface area contributed by atoms with Crippen LogP contribution in [0.3, 0.4) is 0 Å². The van der Waals surface area contributed by atoms with Crippen LogP contribution in [0.1, 0.15) is 5.56 Å². The van der Waals surface area contributed by atoms with E-state index in [9.17, 15) is 13.2 Å². The second-order valence-electron chi connectivity index (χ2n) is 3.40. The van der Waals surface area contributed by atoms with E-state index in [1.165, 1.54) is 18.2 Å². The SMILES string of the molecule is O/N=C1/COc2cc(OCC(F)(F)F)ccc21. The van der Waals surface area contributed by atoms with Crippen molar-refractivity contribution < 1.29 is 27.9 Å². The maximum absolute atomic E-state index is 11.9. The molecule has 2 rings (SSSR count).